The van der Waals surface area contributed by atoms with Gasteiger partial charge in [0.1, 0.15) is 5.75 Å². The summed E-state index contributed by atoms with van der Waals surface area (Å²) in [4.78, 5) is 10.8. The lowest BCUT2D eigenvalue weighted by molar-refractivity contribution is -0.138. The molecule has 0 heterocycles. The molecule has 7 heteroatoms. The third-order valence-corrected chi connectivity index (χ3v) is 3.65. The molecule has 1 aliphatic rings. The SMILES string of the molecule is COc1cc([C@@H]2C[C@@H]2C(=O)O)ccc1NS(C)(=O)=O. The molecule has 0 unspecified atom stereocenters. The van der Waals surface area contributed by atoms with Crippen LogP contribution in [0.15, 0.2) is 18.2 Å². The van der Waals surface area contributed by atoms with Gasteiger partial charge in [0.25, 0.3) is 0 Å². The number of hydrogen-bond donors (Lipinski definition) is 2. The highest BCUT2D eigenvalue weighted by molar-refractivity contribution is 7.92. The highest BCUT2D eigenvalue weighted by Gasteiger charge is 2.44. The van der Waals surface area contributed by atoms with Gasteiger partial charge in [0, 0.05) is 0 Å². The Hall–Kier alpha value is -1.76. The standard InChI is InChI=1S/C12H15NO5S/c1-18-11-5-7(8-6-9(8)12(14)15)3-4-10(11)13-19(2,16)17/h3-5,8-9,13H,6H2,1-2H3,(H,14,15)/t8-,9-/m0/s1. The van der Waals surface area contributed by atoms with Gasteiger partial charge < -0.3 is 9.84 Å². The van der Waals surface area contributed by atoms with Crippen molar-refractivity contribution in [2.24, 2.45) is 5.92 Å². The number of nitrogens with one attached hydrogen (secondary N) is 1. The first-order valence-electron chi connectivity index (χ1n) is 5.70. The number of aliphatic carboxylic acids is 1. The first-order chi connectivity index (χ1) is 8.81. The molecule has 2 atom stereocenters. The summed E-state index contributed by atoms with van der Waals surface area (Å²) in [6, 6.07) is 5.00. The maximum absolute atomic E-state index is 11.2. The third kappa shape index (κ3) is 3.17. The second kappa shape index (κ2) is 4.73. The lowest BCUT2D eigenvalue weighted by atomic mass is 10.1. The molecule has 0 spiro atoms. The second-order valence-electron chi connectivity index (χ2n) is 4.62. The van der Waals surface area contributed by atoms with E-state index in [-0.39, 0.29) is 11.8 Å². The minimum absolute atomic E-state index is 0.0151. The smallest absolute Gasteiger partial charge is 0.307 e. The molecule has 0 radical (unpaired) electrons. The summed E-state index contributed by atoms with van der Waals surface area (Å²) in [7, 11) is -1.94. The predicted octanol–water partition coefficient (Wildman–Crippen LogP) is 1.25. The summed E-state index contributed by atoms with van der Waals surface area (Å²) in [5.74, 6) is -0.779. The zero-order valence-corrected chi connectivity index (χ0v) is 11.4. The van der Waals surface area contributed by atoms with Gasteiger partial charge in [-0.2, -0.15) is 0 Å². The van der Waals surface area contributed by atoms with Crippen LogP contribution >= 0.6 is 0 Å². The minimum atomic E-state index is -3.38. The maximum atomic E-state index is 11.2. The van der Waals surface area contributed by atoms with Crippen molar-refractivity contribution in [1.82, 2.24) is 0 Å². The number of ether oxygens (including phenoxy) is 1. The summed E-state index contributed by atoms with van der Waals surface area (Å²) < 4.78 is 29.9. The van der Waals surface area contributed by atoms with Crippen LogP contribution in [0, 0.1) is 5.92 Å². The summed E-state index contributed by atoms with van der Waals surface area (Å²) in [5.41, 5.74) is 1.20. The van der Waals surface area contributed by atoms with E-state index in [0.717, 1.165) is 11.8 Å². The van der Waals surface area contributed by atoms with Gasteiger partial charge in [-0.25, -0.2) is 8.42 Å². The first kappa shape index (κ1) is 13.7. The van der Waals surface area contributed by atoms with Gasteiger partial charge >= 0.3 is 5.97 Å². The van der Waals surface area contributed by atoms with Crippen LogP contribution in [0.1, 0.15) is 17.9 Å². The molecule has 0 bridgehead atoms. The van der Waals surface area contributed by atoms with E-state index in [2.05, 4.69) is 4.72 Å². The van der Waals surface area contributed by atoms with Crippen molar-refractivity contribution >= 4 is 21.7 Å². The van der Waals surface area contributed by atoms with E-state index >= 15 is 0 Å². The van der Waals surface area contributed by atoms with Gasteiger partial charge in [-0.15, -0.1) is 0 Å². The van der Waals surface area contributed by atoms with Gasteiger partial charge in [-0.05, 0) is 30.0 Å². The third-order valence-electron chi connectivity index (χ3n) is 3.06. The number of sulfonamides is 1. The number of carbonyl (C=O) groups is 1. The number of carboxylic acids is 1. The van der Waals surface area contributed by atoms with Crippen LogP contribution in [0.5, 0.6) is 5.75 Å². The Kier molecular flexibility index (Phi) is 3.40. The van der Waals surface area contributed by atoms with E-state index in [1.165, 1.54) is 7.11 Å². The molecule has 2 rings (SSSR count). The Morgan fingerprint density at radius 2 is 2.16 bits per heavy atom. The number of hydrogen-bond acceptors (Lipinski definition) is 4. The molecule has 19 heavy (non-hydrogen) atoms. The van der Waals surface area contributed by atoms with Gasteiger partial charge in [-0.3, -0.25) is 9.52 Å². The van der Waals surface area contributed by atoms with Crippen LogP contribution in [-0.2, 0) is 14.8 Å². The summed E-state index contributed by atoms with van der Waals surface area (Å²) in [6.07, 6.45) is 1.67. The highest BCUT2D eigenvalue weighted by atomic mass is 32.2. The van der Waals surface area contributed by atoms with Gasteiger partial charge in [0.15, 0.2) is 0 Å². The van der Waals surface area contributed by atoms with Crippen molar-refractivity contribution in [3.8, 4) is 5.75 Å². The molecule has 6 nitrogen and oxygen atoms in total. The number of carboxylic acid groups (broad SMARTS) is 1. The van der Waals surface area contributed by atoms with Crippen LogP contribution in [0.2, 0.25) is 0 Å². The molecule has 1 aromatic rings. The molecule has 1 aromatic carbocycles. The van der Waals surface area contributed by atoms with Crippen LogP contribution in [0.4, 0.5) is 5.69 Å². The van der Waals surface area contributed by atoms with Crippen molar-refractivity contribution in [3.05, 3.63) is 23.8 Å². The Labute approximate surface area is 111 Å². The van der Waals surface area contributed by atoms with E-state index in [1.807, 2.05) is 0 Å². The largest absolute Gasteiger partial charge is 0.495 e. The Bertz CT molecular complexity index is 611. The van der Waals surface area contributed by atoms with Crippen molar-refractivity contribution < 1.29 is 23.1 Å². The van der Waals surface area contributed by atoms with Crippen LogP contribution in [0.25, 0.3) is 0 Å². The fourth-order valence-electron chi connectivity index (χ4n) is 2.06. The molecular formula is C12H15NO5S. The molecule has 1 saturated carbocycles. The van der Waals surface area contributed by atoms with E-state index in [9.17, 15) is 13.2 Å². The molecule has 0 amide bonds. The normalized spacial score (nSPS) is 21.8. The lowest BCUT2D eigenvalue weighted by Crippen LogP contribution is -2.10. The Balaban J connectivity index is 2.25. The van der Waals surface area contributed by atoms with Crippen LogP contribution in [0.3, 0.4) is 0 Å². The van der Waals surface area contributed by atoms with Gasteiger partial charge in [-0.1, -0.05) is 6.07 Å². The lowest BCUT2D eigenvalue weighted by Gasteiger charge is -2.11. The zero-order valence-electron chi connectivity index (χ0n) is 10.6. The molecule has 0 saturated heterocycles. The van der Waals surface area contributed by atoms with Gasteiger partial charge in [0.05, 0.1) is 25.0 Å². The van der Waals surface area contributed by atoms with Crippen LogP contribution in [-0.4, -0.2) is 32.9 Å². The fraction of sp³-hybridized carbons (Fsp3) is 0.417. The van der Waals surface area contributed by atoms with Crippen LogP contribution < -0.4 is 9.46 Å². The molecule has 0 aromatic heterocycles. The molecule has 0 aliphatic heterocycles. The number of anilines is 1. The summed E-state index contributed by atoms with van der Waals surface area (Å²) in [5, 5.41) is 8.90. The number of benzene rings is 1. The minimum Gasteiger partial charge on any atom is -0.495 e. The second-order valence-corrected chi connectivity index (χ2v) is 6.37. The quantitative estimate of drug-likeness (QED) is 0.849. The molecule has 104 valence electrons. The summed E-state index contributed by atoms with van der Waals surface area (Å²) in [6.45, 7) is 0. The number of rotatable bonds is 5. The topological polar surface area (TPSA) is 92.7 Å². The highest BCUT2D eigenvalue weighted by Crippen LogP contribution is 2.48. The van der Waals surface area contributed by atoms with Gasteiger partial charge in [0.2, 0.25) is 10.0 Å². The van der Waals surface area contributed by atoms with Crippen molar-refractivity contribution in [2.45, 2.75) is 12.3 Å². The van der Waals surface area contributed by atoms with Crippen molar-refractivity contribution in [1.29, 1.82) is 0 Å². The molecule has 1 aliphatic carbocycles. The monoisotopic (exact) mass is 285 g/mol. The molecule has 1 fully saturated rings. The Morgan fingerprint density at radius 3 is 2.63 bits per heavy atom. The zero-order chi connectivity index (χ0) is 14.2. The van der Waals surface area contributed by atoms with E-state index in [4.69, 9.17) is 9.84 Å². The van der Waals surface area contributed by atoms with E-state index in [1.54, 1.807) is 18.2 Å². The molecular weight excluding hydrogens is 270 g/mol. The molecule has 2 N–H and O–H groups in total. The average molecular weight is 285 g/mol. The summed E-state index contributed by atoms with van der Waals surface area (Å²) >= 11 is 0. The van der Waals surface area contributed by atoms with Crippen molar-refractivity contribution in [3.63, 3.8) is 0 Å². The Morgan fingerprint density at radius 1 is 1.47 bits per heavy atom. The fourth-order valence-corrected chi connectivity index (χ4v) is 2.63. The van der Waals surface area contributed by atoms with E-state index in [0.29, 0.717) is 17.9 Å². The predicted molar refractivity (Wildman–Crippen MR) is 69.9 cm³/mol. The van der Waals surface area contributed by atoms with E-state index < -0.39 is 16.0 Å². The first-order valence-corrected chi connectivity index (χ1v) is 7.59. The average Bonchev–Trinajstić information content (AvgIpc) is 3.07. The van der Waals surface area contributed by atoms with Crippen molar-refractivity contribution in [2.75, 3.05) is 18.1 Å². The number of methoxy groups -OCH3 is 1. The maximum Gasteiger partial charge on any atom is 0.307 e.